The molecule has 0 aliphatic heterocycles. The molecule has 6 nitrogen and oxygen atoms in total. The Bertz CT molecular complexity index is 962. The molecule has 0 saturated heterocycles. The summed E-state index contributed by atoms with van der Waals surface area (Å²) in [5.41, 5.74) is 1.47. The smallest absolute Gasteiger partial charge is 0.339 e. The normalized spacial score (nSPS) is 16.0. The van der Waals surface area contributed by atoms with E-state index in [4.69, 9.17) is 0 Å². The molecule has 0 unspecified atom stereocenters. The molecule has 3 aromatic heterocycles. The highest BCUT2D eigenvalue weighted by Crippen LogP contribution is 2.40. The average Bonchev–Trinajstić information content (AvgIpc) is 3.09. The van der Waals surface area contributed by atoms with E-state index in [0.29, 0.717) is 18.5 Å². The number of nitrogens with one attached hydrogen (secondary N) is 1. The maximum atomic E-state index is 13.2. The highest BCUT2D eigenvalue weighted by atomic mass is 32.1. The Morgan fingerprint density at radius 2 is 2.19 bits per heavy atom. The molecule has 1 N–H and O–H groups in total. The van der Waals surface area contributed by atoms with Crippen molar-refractivity contribution in [3.8, 4) is 10.6 Å². The molecule has 136 valence electrons. The van der Waals surface area contributed by atoms with Crippen molar-refractivity contribution in [1.29, 1.82) is 0 Å². The highest BCUT2D eigenvalue weighted by molar-refractivity contribution is 7.09. The van der Waals surface area contributed by atoms with Crippen LogP contribution in [0.15, 0.2) is 24.7 Å². The maximum Gasteiger partial charge on any atom is 0.408 e. The lowest BCUT2D eigenvalue weighted by Gasteiger charge is -2.20. The number of alkyl halides is 3. The molecule has 1 aliphatic carbocycles. The Labute approximate surface area is 150 Å². The molecular formula is C16H14F3N5OS. The highest BCUT2D eigenvalue weighted by Gasteiger charge is 2.50. The first kappa shape index (κ1) is 17.0. The van der Waals surface area contributed by atoms with Crippen LogP contribution in [-0.2, 0) is 0 Å². The van der Waals surface area contributed by atoms with Crippen LogP contribution in [0.5, 0.6) is 0 Å². The second-order valence-electron chi connectivity index (χ2n) is 6.28. The zero-order chi connectivity index (χ0) is 18.5. The molecule has 3 aromatic rings. The summed E-state index contributed by atoms with van der Waals surface area (Å²) in [6, 6.07) is 1.75. The van der Waals surface area contributed by atoms with Gasteiger partial charge >= 0.3 is 6.18 Å². The Hall–Kier alpha value is -2.49. The molecule has 0 spiro atoms. The number of aryl methyl sites for hydroxylation is 1. The van der Waals surface area contributed by atoms with Crippen LogP contribution in [0.25, 0.3) is 16.2 Å². The maximum absolute atomic E-state index is 13.2. The lowest BCUT2D eigenvalue weighted by Crippen LogP contribution is -2.47. The Morgan fingerprint density at radius 1 is 1.42 bits per heavy atom. The van der Waals surface area contributed by atoms with E-state index in [1.54, 1.807) is 16.7 Å². The number of carbonyl (C=O) groups excluding carboxylic acids is 1. The molecule has 3 heterocycles. The van der Waals surface area contributed by atoms with Crippen LogP contribution >= 0.6 is 11.5 Å². The minimum Gasteiger partial charge on any atom is -0.339 e. The Balaban J connectivity index is 1.71. The largest absolute Gasteiger partial charge is 0.408 e. The SMILES string of the molecule is Cc1cc(-c2ccns2)nc2c(C(=O)N[C@H](C3CC3)C(F)(F)F)ncn12. The van der Waals surface area contributed by atoms with Crippen LogP contribution in [0.4, 0.5) is 13.2 Å². The molecule has 1 aliphatic rings. The van der Waals surface area contributed by atoms with Gasteiger partial charge in [0, 0.05) is 11.9 Å². The van der Waals surface area contributed by atoms with Crippen LogP contribution in [0.1, 0.15) is 29.0 Å². The van der Waals surface area contributed by atoms with Crippen molar-refractivity contribution in [1.82, 2.24) is 24.1 Å². The van der Waals surface area contributed by atoms with Gasteiger partial charge in [0.1, 0.15) is 12.4 Å². The van der Waals surface area contributed by atoms with Gasteiger partial charge in [-0.1, -0.05) is 0 Å². The van der Waals surface area contributed by atoms with Crippen LogP contribution in [-0.4, -0.2) is 36.9 Å². The van der Waals surface area contributed by atoms with E-state index in [2.05, 4.69) is 19.7 Å². The molecule has 0 bridgehead atoms. The van der Waals surface area contributed by atoms with Crippen molar-refractivity contribution in [3.63, 3.8) is 0 Å². The number of amides is 1. The van der Waals surface area contributed by atoms with Crippen molar-refractivity contribution in [3.05, 3.63) is 36.0 Å². The van der Waals surface area contributed by atoms with Crippen molar-refractivity contribution in [2.24, 2.45) is 5.92 Å². The number of halogens is 3. The Morgan fingerprint density at radius 3 is 2.81 bits per heavy atom. The summed E-state index contributed by atoms with van der Waals surface area (Å²) in [7, 11) is 0. The topological polar surface area (TPSA) is 72.2 Å². The molecular weight excluding hydrogens is 367 g/mol. The second-order valence-corrected chi connectivity index (χ2v) is 7.11. The zero-order valence-electron chi connectivity index (χ0n) is 13.6. The third-order valence-electron chi connectivity index (χ3n) is 4.33. The zero-order valence-corrected chi connectivity index (χ0v) is 14.4. The molecule has 10 heteroatoms. The van der Waals surface area contributed by atoms with Gasteiger partial charge in [-0.2, -0.15) is 13.2 Å². The number of hydrogen-bond acceptors (Lipinski definition) is 5. The van der Waals surface area contributed by atoms with Gasteiger partial charge in [0.15, 0.2) is 11.3 Å². The summed E-state index contributed by atoms with van der Waals surface area (Å²) in [6.45, 7) is 1.81. The predicted molar refractivity (Wildman–Crippen MR) is 88.9 cm³/mol. The lowest BCUT2D eigenvalue weighted by molar-refractivity contribution is -0.158. The van der Waals surface area contributed by atoms with Gasteiger partial charge < -0.3 is 5.32 Å². The van der Waals surface area contributed by atoms with Crippen LogP contribution in [0.2, 0.25) is 0 Å². The standard InChI is InChI=1S/C16H14F3N5OS/c1-8-6-10(11-4-5-21-26-11)22-14-12(20-7-24(8)14)15(25)23-13(9-2-3-9)16(17,18)19/h4-7,9,13H,2-3H2,1H3,(H,23,25)/t13-/m1/s1. The third kappa shape index (κ3) is 3.05. The number of rotatable bonds is 4. The molecule has 1 amide bonds. The average molecular weight is 381 g/mol. The summed E-state index contributed by atoms with van der Waals surface area (Å²) in [5.74, 6) is -1.43. The first-order valence-corrected chi connectivity index (χ1v) is 8.75. The van der Waals surface area contributed by atoms with E-state index in [1.165, 1.54) is 17.9 Å². The van der Waals surface area contributed by atoms with Crippen molar-refractivity contribution < 1.29 is 18.0 Å². The molecule has 0 aromatic carbocycles. The van der Waals surface area contributed by atoms with Crippen LogP contribution in [0.3, 0.4) is 0 Å². The number of fused-ring (bicyclic) bond motifs is 1. The van der Waals surface area contributed by atoms with E-state index < -0.39 is 24.0 Å². The van der Waals surface area contributed by atoms with Gasteiger partial charge in [-0.25, -0.2) is 14.3 Å². The summed E-state index contributed by atoms with van der Waals surface area (Å²) in [6.07, 6.45) is -0.538. The minimum atomic E-state index is -4.48. The number of aromatic nitrogens is 4. The molecule has 4 rings (SSSR count). The van der Waals surface area contributed by atoms with E-state index in [-0.39, 0.29) is 11.3 Å². The fraction of sp³-hybridized carbons (Fsp3) is 0.375. The van der Waals surface area contributed by atoms with E-state index in [0.717, 1.165) is 10.6 Å². The van der Waals surface area contributed by atoms with Gasteiger partial charge in [-0.15, -0.1) is 0 Å². The van der Waals surface area contributed by atoms with Crippen molar-refractivity contribution in [2.45, 2.75) is 32.0 Å². The lowest BCUT2D eigenvalue weighted by atomic mass is 10.1. The van der Waals surface area contributed by atoms with Crippen LogP contribution < -0.4 is 5.32 Å². The van der Waals surface area contributed by atoms with Crippen molar-refractivity contribution >= 4 is 23.1 Å². The molecule has 0 radical (unpaired) electrons. The summed E-state index contributed by atoms with van der Waals surface area (Å²) < 4.78 is 45.1. The minimum absolute atomic E-state index is 0.116. The first-order chi connectivity index (χ1) is 12.3. The quantitative estimate of drug-likeness (QED) is 0.753. The first-order valence-electron chi connectivity index (χ1n) is 7.98. The number of hydrogen-bond donors (Lipinski definition) is 1. The van der Waals surface area contributed by atoms with Gasteiger partial charge in [-0.05, 0) is 49.3 Å². The van der Waals surface area contributed by atoms with E-state index in [9.17, 15) is 18.0 Å². The monoisotopic (exact) mass is 381 g/mol. The van der Waals surface area contributed by atoms with Crippen molar-refractivity contribution in [2.75, 3.05) is 0 Å². The Kier molecular flexibility index (Phi) is 3.94. The second kappa shape index (κ2) is 6.04. The predicted octanol–water partition coefficient (Wildman–Crippen LogP) is 3.23. The van der Waals surface area contributed by atoms with Gasteiger partial charge in [0.2, 0.25) is 0 Å². The molecule has 1 saturated carbocycles. The van der Waals surface area contributed by atoms with Gasteiger partial charge in [-0.3, -0.25) is 9.20 Å². The number of imidazole rings is 1. The molecule has 1 fully saturated rings. The number of carbonyl (C=O) groups is 1. The fourth-order valence-corrected chi connectivity index (χ4v) is 3.42. The van der Waals surface area contributed by atoms with Crippen LogP contribution in [0, 0.1) is 12.8 Å². The number of nitrogens with zero attached hydrogens (tertiary/aromatic N) is 4. The molecule has 26 heavy (non-hydrogen) atoms. The van der Waals surface area contributed by atoms with E-state index in [1.807, 2.05) is 13.0 Å². The van der Waals surface area contributed by atoms with Gasteiger partial charge in [0.25, 0.3) is 5.91 Å². The fourth-order valence-electron chi connectivity index (χ4n) is 2.86. The molecule has 1 atom stereocenters. The van der Waals surface area contributed by atoms with Gasteiger partial charge in [0.05, 0.1) is 10.6 Å². The van der Waals surface area contributed by atoms with E-state index >= 15 is 0 Å². The summed E-state index contributed by atoms with van der Waals surface area (Å²) in [5, 5.41) is 2.10. The third-order valence-corrected chi connectivity index (χ3v) is 5.10. The summed E-state index contributed by atoms with van der Waals surface area (Å²) in [4.78, 5) is 21.7. The summed E-state index contributed by atoms with van der Waals surface area (Å²) >= 11 is 1.24.